The molecular formula is C27H41N5O4. The van der Waals surface area contributed by atoms with E-state index in [4.69, 9.17) is 10.5 Å². The fourth-order valence-electron chi connectivity index (χ4n) is 6.03. The Morgan fingerprint density at radius 3 is 2.47 bits per heavy atom. The number of nitrogens with two attached hydrogens (primary N) is 1. The van der Waals surface area contributed by atoms with Crippen LogP contribution in [0.15, 0.2) is 18.2 Å². The summed E-state index contributed by atoms with van der Waals surface area (Å²) < 4.78 is 5.74. The number of hydrogen-bond donors (Lipinski definition) is 2. The van der Waals surface area contributed by atoms with E-state index in [0.717, 1.165) is 44.8 Å². The molecular weight excluding hydrogens is 458 g/mol. The van der Waals surface area contributed by atoms with Gasteiger partial charge in [-0.2, -0.15) is 0 Å². The molecule has 36 heavy (non-hydrogen) atoms. The molecule has 0 aromatic heterocycles. The van der Waals surface area contributed by atoms with Crippen molar-refractivity contribution in [2.24, 2.45) is 11.1 Å². The van der Waals surface area contributed by atoms with Crippen molar-refractivity contribution in [2.45, 2.75) is 58.2 Å². The zero-order valence-corrected chi connectivity index (χ0v) is 22.3. The van der Waals surface area contributed by atoms with E-state index in [-0.39, 0.29) is 30.4 Å². The first-order valence-corrected chi connectivity index (χ1v) is 13.1. The van der Waals surface area contributed by atoms with Crippen LogP contribution in [0.5, 0.6) is 0 Å². The number of nitrogens with zero attached hydrogens (tertiary/aromatic N) is 3. The summed E-state index contributed by atoms with van der Waals surface area (Å²) in [5.41, 5.74) is 7.26. The maximum absolute atomic E-state index is 14.2. The molecule has 9 heteroatoms. The van der Waals surface area contributed by atoms with Gasteiger partial charge in [-0.3, -0.25) is 19.3 Å². The van der Waals surface area contributed by atoms with Gasteiger partial charge >= 0.3 is 0 Å². The average molecular weight is 500 g/mol. The minimum atomic E-state index is -0.647. The molecule has 9 nitrogen and oxygen atoms in total. The maximum atomic E-state index is 14.2. The summed E-state index contributed by atoms with van der Waals surface area (Å²) >= 11 is 0. The predicted molar refractivity (Wildman–Crippen MR) is 139 cm³/mol. The van der Waals surface area contributed by atoms with Crippen LogP contribution in [0.2, 0.25) is 0 Å². The van der Waals surface area contributed by atoms with Crippen molar-refractivity contribution in [3.05, 3.63) is 29.3 Å². The van der Waals surface area contributed by atoms with Gasteiger partial charge in [0.2, 0.25) is 11.8 Å². The number of ether oxygens (including phenoxy) is 1. The summed E-state index contributed by atoms with van der Waals surface area (Å²) in [5, 5.41) is 3.20. The Morgan fingerprint density at radius 1 is 1.19 bits per heavy atom. The van der Waals surface area contributed by atoms with Crippen molar-refractivity contribution in [3.8, 4) is 0 Å². The normalized spacial score (nSPS) is 25.8. The van der Waals surface area contributed by atoms with Gasteiger partial charge in [-0.15, -0.1) is 0 Å². The van der Waals surface area contributed by atoms with Gasteiger partial charge in [0.1, 0.15) is 18.8 Å². The highest BCUT2D eigenvalue weighted by Gasteiger charge is 2.54. The van der Waals surface area contributed by atoms with Crippen LogP contribution in [0.25, 0.3) is 0 Å². The van der Waals surface area contributed by atoms with E-state index >= 15 is 0 Å². The number of benzene rings is 1. The minimum absolute atomic E-state index is 0.0174. The summed E-state index contributed by atoms with van der Waals surface area (Å²) in [4.78, 5) is 45.9. The van der Waals surface area contributed by atoms with Crippen LogP contribution in [0.3, 0.4) is 0 Å². The number of nitrogens with one attached hydrogen (secondary N) is 1. The van der Waals surface area contributed by atoms with Gasteiger partial charge in [0.05, 0.1) is 12.0 Å². The third-order valence-electron chi connectivity index (χ3n) is 7.84. The molecule has 0 spiro atoms. The average Bonchev–Trinajstić information content (AvgIpc) is 3.39. The number of Topliss-reactive ketones (excluding diaryl/α,β-unsaturated/α-hetero) is 1. The molecule has 198 valence electrons. The Labute approximate surface area is 214 Å². The largest absolute Gasteiger partial charge is 0.369 e. The van der Waals surface area contributed by atoms with Gasteiger partial charge in [0.25, 0.3) is 0 Å². The Hall–Kier alpha value is -2.49. The first-order valence-electron chi connectivity index (χ1n) is 13.1. The third-order valence-corrected chi connectivity index (χ3v) is 7.84. The Morgan fingerprint density at radius 2 is 1.89 bits per heavy atom. The standard InChI is InChI=1S/C27H41N5O4/c1-6-9-30-10-12-31(13-11-30)17-7-8-18(25(28)34)19(14-17)22(27(2,3)4)26(35)32-15-20(29-5)24-23(32)21(33)16-36-24/h7-8,14,20,22-24,29H,6,9-13,15-16H2,1-5H3,(H2,28,34)/t20-,22-,23+,24+/m0/s1. The van der Waals surface area contributed by atoms with E-state index in [1.165, 1.54) is 0 Å². The second-order valence-electron chi connectivity index (χ2n) is 11.3. The zero-order valence-electron chi connectivity index (χ0n) is 22.3. The number of piperazine rings is 1. The van der Waals surface area contributed by atoms with Crippen molar-refractivity contribution in [3.63, 3.8) is 0 Å². The van der Waals surface area contributed by atoms with Gasteiger partial charge in [-0.25, -0.2) is 0 Å². The molecule has 3 aliphatic heterocycles. The van der Waals surface area contributed by atoms with Crippen molar-refractivity contribution in [1.29, 1.82) is 0 Å². The first kappa shape index (κ1) is 26.6. The Balaban J connectivity index is 1.70. The summed E-state index contributed by atoms with van der Waals surface area (Å²) in [7, 11) is 1.82. The van der Waals surface area contributed by atoms with Gasteiger partial charge in [0.15, 0.2) is 5.78 Å². The molecule has 2 amide bonds. The fraction of sp³-hybridized carbons (Fsp3) is 0.667. The highest BCUT2D eigenvalue weighted by Crippen LogP contribution is 2.42. The highest BCUT2D eigenvalue weighted by atomic mass is 16.5. The number of amides is 2. The lowest BCUT2D eigenvalue weighted by Gasteiger charge is -2.38. The Bertz CT molecular complexity index is 998. The van der Waals surface area contributed by atoms with E-state index in [1.807, 2.05) is 40.0 Å². The van der Waals surface area contributed by atoms with E-state index in [1.54, 1.807) is 11.0 Å². The number of rotatable bonds is 7. The van der Waals surface area contributed by atoms with Gasteiger partial charge < -0.3 is 25.6 Å². The van der Waals surface area contributed by atoms with E-state index in [0.29, 0.717) is 17.7 Å². The van der Waals surface area contributed by atoms with E-state index in [2.05, 4.69) is 22.0 Å². The topological polar surface area (TPSA) is 108 Å². The molecule has 0 aliphatic carbocycles. The lowest BCUT2D eigenvalue weighted by atomic mass is 9.73. The molecule has 0 bridgehead atoms. The van der Waals surface area contributed by atoms with Crippen molar-refractivity contribution in [2.75, 3.05) is 57.8 Å². The number of ketones is 1. The molecule has 3 N–H and O–H groups in total. The predicted octanol–water partition coefficient (Wildman–Crippen LogP) is 1.21. The van der Waals surface area contributed by atoms with Crippen LogP contribution in [0.4, 0.5) is 5.69 Å². The zero-order chi connectivity index (χ0) is 26.2. The lowest BCUT2D eigenvalue weighted by Crippen LogP contribution is -2.47. The van der Waals surface area contributed by atoms with Gasteiger partial charge in [0, 0.05) is 44.0 Å². The molecule has 0 saturated carbocycles. The van der Waals surface area contributed by atoms with Crippen LogP contribution < -0.4 is 16.0 Å². The summed E-state index contributed by atoms with van der Waals surface area (Å²) in [6.07, 6.45) is 0.779. The van der Waals surface area contributed by atoms with Crippen LogP contribution >= 0.6 is 0 Å². The summed E-state index contributed by atoms with van der Waals surface area (Å²) in [6, 6.07) is 4.93. The summed E-state index contributed by atoms with van der Waals surface area (Å²) in [5.74, 6) is -1.45. The first-order chi connectivity index (χ1) is 17.1. The van der Waals surface area contributed by atoms with Crippen LogP contribution in [0.1, 0.15) is 56.0 Å². The maximum Gasteiger partial charge on any atom is 0.249 e. The molecule has 0 radical (unpaired) electrons. The fourth-order valence-corrected chi connectivity index (χ4v) is 6.03. The number of anilines is 1. The van der Waals surface area contributed by atoms with E-state index < -0.39 is 23.3 Å². The molecule has 3 fully saturated rings. The second-order valence-corrected chi connectivity index (χ2v) is 11.3. The van der Waals surface area contributed by atoms with Gasteiger partial charge in [-0.05, 0) is 49.2 Å². The number of likely N-dealkylation sites (N-methyl/N-ethyl adjacent to an activating group) is 1. The van der Waals surface area contributed by atoms with Crippen molar-refractivity contribution in [1.82, 2.24) is 15.1 Å². The molecule has 3 aliphatic rings. The molecule has 1 aromatic carbocycles. The molecule has 4 atom stereocenters. The molecule has 1 aromatic rings. The lowest BCUT2D eigenvalue weighted by molar-refractivity contribution is -0.139. The van der Waals surface area contributed by atoms with E-state index in [9.17, 15) is 14.4 Å². The molecule has 3 heterocycles. The van der Waals surface area contributed by atoms with Crippen LogP contribution in [-0.2, 0) is 14.3 Å². The quantitative estimate of drug-likeness (QED) is 0.581. The number of hydrogen-bond acceptors (Lipinski definition) is 7. The minimum Gasteiger partial charge on any atom is -0.369 e. The number of carbonyl (C=O) groups excluding carboxylic acids is 3. The smallest absolute Gasteiger partial charge is 0.249 e. The highest BCUT2D eigenvalue weighted by molar-refractivity contribution is 5.99. The van der Waals surface area contributed by atoms with Crippen LogP contribution in [-0.4, -0.2) is 98.5 Å². The molecule has 3 saturated heterocycles. The van der Waals surface area contributed by atoms with Gasteiger partial charge in [-0.1, -0.05) is 27.7 Å². The summed E-state index contributed by atoms with van der Waals surface area (Å²) in [6.45, 7) is 13.4. The third kappa shape index (κ3) is 5.01. The molecule has 0 unspecified atom stereocenters. The number of primary amides is 1. The number of fused-ring (bicyclic) bond motifs is 1. The SMILES string of the molecule is CCCN1CCN(c2ccc(C(N)=O)c([C@@H](C(=O)N3C[C@H](NC)[C@H]4OCC(=O)[C@H]43)C(C)(C)C)c2)CC1. The van der Waals surface area contributed by atoms with Crippen molar-refractivity contribution < 1.29 is 19.1 Å². The second kappa shape index (κ2) is 10.5. The van der Waals surface area contributed by atoms with Crippen LogP contribution in [0, 0.1) is 5.41 Å². The monoisotopic (exact) mass is 499 g/mol. The Kier molecular flexibility index (Phi) is 7.73. The number of carbonyl (C=O) groups is 3. The number of likely N-dealkylation sites (tertiary alicyclic amines) is 1. The van der Waals surface area contributed by atoms with Crippen molar-refractivity contribution >= 4 is 23.3 Å². The molecule has 4 rings (SSSR count).